The Morgan fingerprint density at radius 1 is 0.614 bits per heavy atom. The van der Waals surface area contributed by atoms with Gasteiger partial charge in [-0.3, -0.25) is 0 Å². The van der Waals surface area contributed by atoms with Crippen LogP contribution in [0.3, 0.4) is 0 Å². The Morgan fingerprint density at radius 3 is 1.68 bits per heavy atom. The number of carbonyl (C=O) groups is 1. The smallest absolute Gasteiger partial charge is 0.336 e. The van der Waals surface area contributed by atoms with E-state index in [0.29, 0.717) is 38.3 Å². The SMILES string of the molecule is O=C(C=Cc1ccc(-c2ccc(OCCCCCCOCC3CO3)cc2)cc1)Oc1ccc(OCCCOCC2CO2)cc1. The molecule has 8 nitrogen and oxygen atoms in total. The van der Waals surface area contributed by atoms with Crippen LogP contribution in [0.1, 0.15) is 37.7 Å². The van der Waals surface area contributed by atoms with Gasteiger partial charge in [0.15, 0.2) is 0 Å². The highest BCUT2D eigenvalue weighted by atomic mass is 16.6. The Bertz CT molecular complexity index is 1280. The topological polar surface area (TPSA) is 88.3 Å². The highest BCUT2D eigenvalue weighted by molar-refractivity contribution is 5.88. The number of rotatable bonds is 21. The fourth-order valence-corrected chi connectivity index (χ4v) is 4.41. The zero-order chi connectivity index (χ0) is 30.2. The van der Waals surface area contributed by atoms with Crippen molar-refractivity contribution in [1.82, 2.24) is 0 Å². The van der Waals surface area contributed by atoms with Gasteiger partial charge in [-0.2, -0.15) is 0 Å². The van der Waals surface area contributed by atoms with Crippen molar-refractivity contribution in [3.8, 4) is 28.4 Å². The number of esters is 1. The first-order valence-electron chi connectivity index (χ1n) is 15.6. The van der Waals surface area contributed by atoms with Gasteiger partial charge in [-0.15, -0.1) is 0 Å². The molecule has 0 N–H and O–H groups in total. The lowest BCUT2D eigenvalue weighted by atomic mass is 10.0. The van der Waals surface area contributed by atoms with Gasteiger partial charge >= 0.3 is 5.97 Å². The van der Waals surface area contributed by atoms with E-state index in [4.69, 9.17) is 33.2 Å². The third-order valence-corrected chi connectivity index (χ3v) is 7.12. The highest BCUT2D eigenvalue weighted by Crippen LogP contribution is 2.24. The molecule has 2 atom stereocenters. The average Bonchev–Trinajstić information content (AvgIpc) is 3.99. The molecule has 0 aromatic heterocycles. The lowest BCUT2D eigenvalue weighted by Gasteiger charge is -2.08. The number of ether oxygens (including phenoxy) is 7. The van der Waals surface area contributed by atoms with Crippen molar-refractivity contribution in [2.24, 2.45) is 0 Å². The Labute approximate surface area is 259 Å². The summed E-state index contributed by atoms with van der Waals surface area (Å²) >= 11 is 0. The molecular weight excluding hydrogens is 560 g/mol. The summed E-state index contributed by atoms with van der Waals surface area (Å²) in [6.07, 6.45) is 9.00. The van der Waals surface area contributed by atoms with Crippen molar-refractivity contribution in [3.63, 3.8) is 0 Å². The molecule has 2 heterocycles. The molecule has 234 valence electrons. The van der Waals surface area contributed by atoms with Gasteiger partial charge in [-0.25, -0.2) is 4.79 Å². The number of epoxide rings is 2. The molecule has 2 aliphatic rings. The third-order valence-electron chi connectivity index (χ3n) is 7.12. The van der Waals surface area contributed by atoms with Gasteiger partial charge in [0.1, 0.15) is 29.5 Å². The predicted molar refractivity (Wildman–Crippen MR) is 168 cm³/mol. The zero-order valence-electron chi connectivity index (χ0n) is 25.2. The van der Waals surface area contributed by atoms with Crippen molar-refractivity contribution in [2.45, 2.75) is 44.3 Å². The molecule has 0 aliphatic carbocycles. The van der Waals surface area contributed by atoms with Crippen molar-refractivity contribution >= 4 is 12.0 Å². The van der Waals surface area contributed by atoms with E-state index in [2.05, 4.69) is 12.1 Å². The molecule has 2 saturated heterocycles. The number of benzene rings is 3. The van der Waals surface area contributed by atoms with Gasteiger partial charge < -0.3 is 33.2 Å². The summed E-state index contributed by atoms with van der Waals surface area (Å²) in [5.74, 6) is 1.62. The van der Waals surface area contributed by atoms with E-state index >= 15 is 0 Å². The average molecular weight is 603 g/mol. The van der Waals surface area contributed by atoms with Crippen LogP contribution in [0.15, 0.2) is 78.9 Å². The molecule has 2 unspecified atom stereocenters. The van der Waals surface area contributed by atoms with E-state index in [9.17, 15) is 4.79 Å². The molecule has 44 heavy (non-hydrogen) atoms. The van der Waals surface area contributed by atoms with Crippen LogP contribution in [0.2, 0.25) is 0 Å². The van der Waals surface area contributed by atoms with Crippen molar-refractivity contribution in [2.75, 3.05) is 52.9 Å². The van der Waals surface area contributed by atoms with Gasteiger partial charge in [0.05, 0.1) is 39.6 Å². The Kier molecular flexibility index (Phi) is 12.7. The fraction of sp³-hybridized carbons (Fsp3) is 0.417. The summed E-state index contributed by atoms with van der Waals surface area (Å²) in [6, 6.07) is 23.2. The molecular formula is C36H42O8. The van der Waals surface area contributed by atoms with Crippen LogP contribution in [-0.2, 0) is 23.7 Å². The molecule has 5 rings (SSSR count). The summed E-state index contributed by atoms with van der Waals surface area (Å²) < 4.78 is 38.3. The van der Waals surface area contributed by atoms with Crippen molar-refractivity contribution in [3.05, 3.63) is 84.4 Å². The number of hydrogen-bond acceptors (Lipinski definition) is 8. The van der Waals surface area contributed by atoms with E-state index < -0.39 is 5.97 Å². The summed E-state index contributed by atoms with van der Waals surface area (Å²) in [7, 11) is 0. The lowest BCUT2D eigenvalue weighted by molar-refractivity contribution is -0.128. The fourth-order valence-electron chi connectivity index (χ4n) is 4.41. The predicted octanol–water partition coefficient (Wildman–Crippen LogP) is 6.51. The minimum atomic E-state index is -0.441. The molecule has 8 heteroatoms. The van der Waals surface area contributed by atoms with E-state index in [-0.39, 0.29) is 6.10 Å². The van der Waals surface area contributed by atoms with Crippen molar-refractivity contribution < 1.29 is 38.0 Å². The maximum Gasteiger partial charge on any atom is 0.336 e. The molecule has 0 amide bonds. The second kappa shape index (κ2) is 17.6. The minimum Gasteiger partial charge on any atom is -0.494 e. The summed E-state index contributed by atoms with van der Waals surface area (Å²) in [6.45, 7) is 5.77. The number of carbonyl (C=O) groups excluding carboxylic acids is 1. The standard InChI is InChI=1S/C36H42O8/c37-36(44-33-17-15-32(16-18-33)41-23-5-21-39-25-35-27-43-35)19-8-28-6-9-29(10-7-28)30-11-13-31(14-12-30)40-22-4-2-1-3-20-38-24-34-26-42-34/h6-19,34-35H,1-5,20-27H2. The van der Waals surface area contributed by atoms with Gasteiger partial charge in [0.25, 0.3) is 0 Å². The molecule has 0 bridgehead atoms. The van der Waals surface area contributed by atoms with Crippen molar-refractivity contribution in [1.29, 1.82) is 0 Å². The molecule has 2 fully saturated rings. The van der Waals surface area contributed by atoms with Crippen LogP contribution in [0.25, 0.3) is 17.2 Å². The number of hydrogen-bond donors (Lipinski definition) is 0. The second-order valence-corrected chi connectivity index (χ2v) is 10.9. The van der Waals surface area contributed by atoms with E-state index in [1.807, 2.05) is 36.4 Å². The Balaban J connectivity index is 0.950. The third kappa shape index (κ3) is 12.1. The monoisotopic (exact) mass is 602 g/mol. The maximum atomic E-state index is 12.3. The lowest BCUT2D eigenvalue weighted by Crippen LogP contribution is -2.07. The Hall–Kier alpha value is -3.69. The first-order chi connectivity index (χ1) is 21.7. The molecule has 3 aromatic rings. The summed E-state index contributed by atoms with van der Waals surface area (Å²) in [4.78, 5) is 12.3. The van der Waals surface area contributed by atoms with E-state index in [0.717, 1.165) is 86.7 Å². The van der Waals surface area contributed by atoms with Crippen LogP contribution in [-0.4, -0.2) is 71.0 Å². The van der Waals surface area contributed by atoms with E-state index in [1.165, 1.54) is 6.08 Å². The molecule has 3 aromatic carbocycles. The quantitative estimate of drug-likeness (QED) is 0.0448. The molecule has 0 saturated carbocycles. The van der Waals surface area contributed by atoms with Crippen LogP contribution < -0.4 is 14.2 Å². The van der Waals surface area contributed by atoms with E-state index in [1.54, 1.807) is 30.3 Å². The van der Waals surface area contributed by atoms with Gasteiger partial charge in [0, 0.05) is 25.7 Å². The van der Waals surface area contributed by atoms with Gasteiger partial charge in [0.2, 0.25) is 0 Å². The first kappa shape index (κ1) is 31.7. The summed E-state index contributed by atoms with van der Waals surface area (Å²) in [5, 5.41) is 0. The summed E-state index contributed by atoms with van der Waals surface area (Å²) in [5.41, 5.74) is 3.11. The highest BCUT2D eigenvalue weighted by Gasteiger charge is 2.22. The van der Waals surface area contributed by atoms with Crippen LogP contribution >= 0.6 is 0 Å². The van der Waals surface area contributed by atoms with Crippen LogP contribution in [0, 0.1) is 0 Å². The molecule has 0 spiro atoms. The minimum absolute atomic E-state index is 0.284. The first-order valence-corrected chi connectivity index (χ1v) is 15.6. The Morgan fingerprint density at radius 2 is 1.09 bits per heavy atom. The zero-order valence-corrected chi connectivity index (χ0v) is 25.2. The van der Waals surface area contributed by atoms with Gasteiger partial charge in [-0.05, 0) is 78.4 Å². The molecule has 2 aliphatic heterocycles. The van der Waals surface area contributed by atoms with Crippen LogP contribution in [0.5, 0.6) is 17.2 Å². The number of unbranched alkanes of at least 4 members (excludes halogenated alkanes) is 3. The molecule has 0 radical (unpaired) electrons. The maximum absolute atomic E-state index is 12.3. The van der Waals surface area contributed by atoms with Gasteiger partial charge in [-0.1, -0.05) is 42.8 Å². The van der Waals surface area contributed by atoms with Crippen LogP contribution in [0.4, 0.5) is 0 Å². The second-order valence-electron chi connectivity index (χ2n) is 10.9. The largest absolute Gasteiger partial charge is 0.494 e. The normalized spacial score (nSPS) is 17.0.